The molecule has 2 aromatic carbocycles. The van der Waals surface area contributed by atoms with Gasteiger partial charge in [0.1, 0.15) is 5.75 Å². The Morgan fingerprint density at radius 2 is 1.94 bits per heavy atom. The summed E-state index contributed by atoms with van der Waals surface area (Å²) in [6.07, 6.45) is 10.9. The second kappa shape index (κ2) is 11.1. The molecule has 1 aliphatic heterocycles. The van der Waals surface area contributed by atoms with E-state index in [1.807, 2.05) is 48.2 Å². The molecule has 2 heterocycles. The number of carbonyl (C=O) groups excluding carboxylic acids is 2. The molecule has 2 amide bonds. The highest BCUT2D eigenvalue weighted by Crippen LogP contribution is 2.41. The molecule has 0 saturated carbocycles. The van der Waals surface area contributed by atoms with Crippen LogP contribution >= 0.6 is 0 Å². The van der Waals surface area contributed by atoms with Gasteiger partial charge in [-0.15, -0.1) is 6.42 Å². The number of carbonyl (C=O) groups is 2. The monoisotopic (exact) mass is 481 g/mol. The lowest BCUT2D eigenvalue weighted by Gasteiger charge is -2.43. The Kier molecular flexibility index (Phi) is 7.70. The van der Waals surface area contributed by atoms with Crippen LogP contribution in [0.3, 0.4) is 0 Å². The molecule has 2 atom stereocenters. The van der Waals surface area contributed by atoms with Crippen LogP contribution in [-0.2, 0) is 11.2 Å². The highest BCUT2D eigenvalue weighted by Gasteiger charge is 2.37. The van der Waals surface area contributed by atoms with Crippen LogP contribution in [-0.4, -0.2) is 34.8 Å². The first-order valence-corrected chi connectivity index (χ1v) is 12.2. The molecule has 6 heteroatoms. The Morgan fingerprint density at radius 3 is 2.61 bits per heavy atom. The lowest BCUT2D eigenvalue weighted by atomic mass is 9.83. The van der Waals surface area contributed by atoms with E-state index < -0.39 is 0 Å². The number of pyridine rings is 1. The number of aromatic nitrogens is 1. The van der Waals surface area contributed by atoms with Gasteiger partial charge in [0.25, 0.3) is 11.8 Å². The molecule has 0 saturated heterocycles. The van der Waals surface area contributed by atoms with Crippen LogP contribution in [0.1, 0.15) is 65.0 Å². The van der Waals surface area contributed by atoms with Crippen molar-refractivity contribution < 1.29 is 14.3 Å². The number of nitrogens with one attached hydrogen (secondary N) is 1. The zero-order valence-corrected chi connectivity index (χ0v) is 21.0. The van der Waals surface area contributed by atoms with Crippen LogP contribution in [0.15, 0.2) is 60.8 Å². The van der Waals surface area contributed by atoms with Crippen LogP contribution in [0, 0.1) is 19.3 Å². The minimum atomic E-state index is -0.322. The van der Waals surface area contributed by atoms with Crippen molar-refractivity contribution in [2.75, 3.05) is 12.4 Å². The van der Waals surface area contributed by atoms with E-state index in [2.05, 4.69) is 29.2 Å². The normalized spacial score (nSPS) is 16.6. The predicted octanol–water partition coefficient (Wildman–Crippen LogP) is 5.32. The topological polar surface area (TPSA) is 71.5 Å². The molecule has 1 aliphatic rings. The summed E-state index contributed by atoms with van der Waals surface area (Å²) < 4.78 is 5.47. The molecule has 1 N–H and O–H groups in total. The fourth-order valence-electron chi connectivity index (χ4n) is 4.88. The molecular formula is C30H31N3O3. The van der Waals surface area contributed by atoms with Gasteiger partial charge in [-0.3, -0.25) is 14.6 Å². The Morgan fingerprint density at radius 1 is 1.17 bits per heavy atom. The minimum absolute atomic E-state index is 0.00702. The Labute approximate surface area is 212 Å². The lowest BCUT2D eigenvalue weighted by molar-refractivity contribution is -0.130. The fraction of sp³-hybridized carbons (Fsp3) is 0.300. The second-order valence-corrected chi connectivity index (χ2v) is 9.09. The summed E-state index contributed by atoms with van der Waals surface area (Å²) in [5.74, 6) is 2.64. The third-order valence-electron chi connectivity index (χ3n) is 6.66. The number of aryl methyl sites for hydroxylation is 1. The quantitative estimate of drug-likeness (QED) is 0.464. The van der Waals surface area contributed by atoms with Gasteiger partial charge >= 0.3 is 0 Å². The molecule has 0 radical (unpaired) electrons. The van der Waals surface area contributed by atoms with Crippen molar-refractivity contribution in [3.63, 3.8) is 0 Å². The number of amides is 2. The third kappa shape index (κ3) is 5.26. The molecule has 1 aromatic heterocycles. The fourth-order valence-corrected chi connectivity index (χ4v) is 4.88. The first kappa shape index (κ1) is 25.0. The minimum Gasteiger partial charge on any atom is -0.497 e. The Hall–Kier alpha value is -4.11. The molecule has 0 unspecified atom stereocenters. The van der Waals surface area contributed by atoms with E-state index in [0.717, 1.165) is 53.8 Å². The van der Waals surface area contributed by atoms with Gasteiger partial charge in [0.15, 0.2) is 0 Å². The summed E-state index contributed by atoms with van der Waals surface area (Å²) in [7, 11) is 1.66. The maximum Gasteiger partial charge on any atom is 0.299 e. The van der Waals surface area contributed by atoms with Crippen LogP contribution < -0.4 is 10.1 Å². The number of hydrogen-bond acceptors (Lipinski definition) is 4. The van der Waals surface area contributed by atoms with Crippen molar-refractivity contribution in [3.05, 3.63) is 88.7 Å². The molecule has 184 valence electrons. The molecule has 6 nitrogen and oxygen atoms in total. The highest BCUT2D eigenvalue weighted by molar-refractivity contribution is 6.04. The van der Waals surface area contributed by atoms with E-state index >= 15 is 0 Å². The highest BCUT2D eigenvalue weighted by atomic mass is 16.5. The third-order valence-corrected chi connectivity index (χ3v) is 6.66. The first-order valence-electron chi connectivity index (χ1n) is 12.2. The standard InChI is InChI=1S/C30H31N3O3/c1-5-7-8-25-18-23-19-26(36-4)13-14-27(23)29(33(25)28(34)6-2)21-9-11-24(12-10-21)32-30(35)22-15-16-31-20(3)17-22/h2,9-17,19,25,29H,5,7-8,18H2,1,3-4H3,(H,32,35)/t25-,29-/m0/s1. The second-order valence-electron chi connectivity index (χ2n) is 9.09. The van der Waals surface area contributed by atoms with Crippen molar-refractivity contribution in [1.82, 2.24) is 9.88 Å². The van der Waals surface area contributed by atoms with E-state index in [1.54, 1.807) is 25.4 Å². The number of rotatable bonds is 7. The Balaban J connectivity index is 1.69. The Bertz CT molecular complexity index is 1290. The van der Waals surface area contributed by atoms with Crippen LogP contribution in [0.2, 0.25) is 0 Å². The van der Waals surface area contributed by atoms with E-state index in [9.17, 15) is 9.59 Å². The predicted molar refractivity (Wildman–Crippen MR) is 141 cm³/mol. The van der Waals surface area contributed by atoms with Gasteiger partial charge in [0.2, 0.25) is 0 Å². The summed E-state index contributed by atoms with van der Waals surface area (Å²) in [4.78, 5) is 31.7. The van der Waals surface area contributed by atoms with Gasteiger partial charge in [-0.1, -0.05) is 38.0 Å². The largest absolute Gasteiger partial charge is 0.497 e. The van der Waals surface area contributed by atoms with E-state index in [0.29, 0.717) is 11.3 Å². The molecular weight excluding hydrogens is 450 g/mol. The van der Waals surface area contributed by atoms with Gasteiger partial charge < -0.3 is 15.0 Å². The van der Waals surface area contributed by atoms with Gasteiger partial charge in [-0.25, -0.2) is 0 Å². The lowest BCUT2D eigenvalue weighted by Crippen LogP contribution is -2.47. The average Bonchev–Trinajstić information content (AvgIpc) is 2.90. The van der Waals surface area contributed by atoms with E-state index in [-0.39, 0.29) is 23.9 Å². The number of fused-ring (bicyclic) bond motifs is 1. The summed E-state index contributed by atoms with van der Waals surface area (Å²) in [6, 6.07) is 16.7. The van der Waals surface area contributed by atoms with E-state index in [4.69, 9.17) is 11.2 Å². The first-order chi connectivity index (χ1) is 17.4. The number of benzene rings is 2. The molecule has 0 aliphatic carbocycles. The van der Waals surface area contributed by atoms with Crippen LogP contribution in [0.4, 0.5) is 5.69 Å². The summed E-state index contributed by atoms with van der Waals surface area (Å²) in [5.41, 5.74) is 5.13. The number of terminal acetylenes is 1. The maximum absolute atomic E-state index is 13.1. The summed E-state index contributed by atoms with van der Waals surface area (Å²) in [6.45, 7) is 3.99. The van der Waals surface area contributed by atoms with Crippen LogP contribution in [0.25, 0.3) is 0 Å². The molecule has 0 bridgehead atoms. The van der Waals surface area contributed by atoms with Crippen LogP contribution in [0.5, 0.6) is 5.75 Å². The SMILES string of the molecule is C#CC(=O)N1[C@@H](CCCC)Cc2cc(OC)ccc2[C@@H]1c1ccc(NC(=O)c2ccnc(C)c2)cc1. The van der Waals surface area contributed by atoms with Crippen molar-refractivity contribution in [2.45, 2.75) is 51.6 Å². The molecule has 0 fully saturated rings. The average molecular weight is 482 g/mol. The maximum atomic E-state index is 13.1. The molecule has 0 spiro atoms. The zero-order chi connectivity index (χ0) is 25.7. The van der Waals surface area contributed by atoms with E-state index in [1.165, 1.54) is 0 Å². The van der Waals surface area contributed by atoms with Gasteiger partial charge in [0, 0.05) is 29.2 Å². The van der Waals surface area contributed by atoms with Crippen molar-refractivity contribution >= 4 is 17.5 Å². The van der Waals surface area contributed by atoms with Crippen molar-refractivity contribution in [2.24, 2.45) is 0 Å². The molecule has 3 aromatic rings. The number of anilines is 1. The number of methoxy groups -OCH3 is 1. The van der Waals surface area contributed by atoms with Gasteiger partial charge in [-0.05, 0) is 78.8 Å². The number of nitrogens with zero attached hydrogens (tertiary/aromatic N) is 2. The van der Waals surface area contributed by atoms with Gasteiger partial charge in [0.05, 0.1) is 13.2 Å². The molecule has 36 heavy (non-hydrogen) atoms. The number of ether oxygens (including phenoxy) is 1. The van der Waals surface area contributed by atoms with Crippen molar-refractivity contribution in [3.8, 4) is 18.1 Å². The smallest absolute Gasteiger partial charge is 0.299 e. The number of hydrogen-bond donors (Lipinski definition) is 1. The molecule has 4 rings (SSSR count). The van der Waals surface area contributed by atoms with Gasteiger partial charge in [-0.2, -0.15) is 0 Å². The summed E-state index contributed by atoms with van der Waals surface area (Å²) in [5, 5.41) is 2.94. The zero-order valence-electron chi connectivity index (χ0n) is 21.0. The number of unbranched alkanes of at least 4 members (excludes halogenated alkanes) is 1. The summed E-state index contributed by atoms with van der Waals surface area (Å²) >= 11 is 0. The van der Waals surface area contributed by atoms with Crippen molar-refractivity contribution in [1.29, 1.82) is 0 Å².